The number of benzene rings is 3. The SMILES string of the molecule is O=C(CN(CCc1ccccc1)S(=O)(=O)c1ccc(Cl)cc1)N[C@H]1CCCc2ccccc21. The molecule has 0 bridgehead atoms. The zero-order valence-corrected chi connectivity index (χ0v) is 19.9. The molecule has 0 aliphatic heterocycles. The molecule has 4 rings (SSSR count). The Morgan fingerprint density at radius 2 is 1.67 bits per heavy atom. The first-order valence-corrected chi connectivity index (χ1v) is 12.9. The van der Waals surface area contributed by atoms with Gasteiger partial charge in [0.1, 0.15) is 0 Å². The Bertz CT molecular complexity index is 1200. The summed E-state index contributed by atoms with van der Waals surface area (Å²) < 4.78 is 28.0. The van der Waals surface area contributed by atoms with E-state index >= 15 is 0 Å². The lowest BCUT2D eigenvalue weighted by atomic mass is 9.88. The minimum Gasteiger partial charge on any atom is -0.348 e. The molecule has 3 aromatic carbocycles. The van der Waals surface area contributed by atoms with Crippen molar-refractivity contribution < 1.29 is 13.2 Å². The van der Waals surface area contributed by atoms with E-state index in [4.69, 9.17) is 11.6 Å². The van der Waals surface area contributed by atoms with E-state index in [0.717, 1.165) is 30.4 Å². The molecule has 172 valence electrons. The number of hydrogen-bond acceptors (Lipinski definition) is 3. The predicted molar refractivity (Wildman–Crippen MR) is 131 cm³/mol. The maximum atomic E-state index is 13.4. The van der Waals surface area contributed by atoms with Crippen LogP contribution in [0.25, 0.3) is 0 Å². The van der Waals surface area contributed by atoms with Crippen LogP contribution in [-0.2, 0) is 27.7 Å². The summed E-state index contributed by atoms with van der Waals surface area (Å²) in [5.41, 5.74) is 3.37. The van der Waals surface area contributed by atoms with E-state index in [1.807, 2.05) is 48.5 Å². The lowest BCUT2D eigenvalue weighted by molar-refractivity contribution is -0.122. The molecule has 0 fully saturated rings. The lowest BCUT2D eigenvalue weighted by Gasteiger charge is -2.28. The van der Waals surface area contributed by atoms with Crippen LogP contribution in [0.3, 0.4) is 0 Å². The van der Waals surface area contributed by atoms with Crippen LogP contribution in [0.5, 0.6) is 0 Å². The molecule has 5 nitrogen and oxygen atoms in total. The van der Waals surface area contributed by atoms with Crippen molar-refractivity contribution in [3.63, 3.8) is 0 Å². The van der Waals surface area contributed by atoms with Gasteiger partial charge in [-0.3, -0.25) is 4.79 Å². The maximum Gasteiger partial charge on any atom is 0.243 e. The quantitative estimate of drug-likeness (QED) is 0.503. The van der Waals surface area contributed by atoms with Crippen molar-refractivity contribution >= 4 is 27.5 Å². The van der Waals surface area contributed by atoms with E-state index in [1.165, 1.54) is 22.0 Å². The van der Waals surface area contributed by atoms with Crippen molar-refractivity contribution in [3.8, 4) is 0 Å². The molecular weight excluding hydrogens is 456 g/mol. The average molecular weight is 483 g/mol. The summed E-state index contributed by atoms with van der Waals surface area (Å²) in [6.07, 6.45) is 3.34. The van der Waals surface area contributed by atoms with Crippen LogP contribution in [0.2, 0.25) is 5.02 Å². The third-order valence-corrected chi connectivity index (χ3v) is 8.08. The molecule has 1 aliphatic carbocycles. The highest BCUT2D eigenvalue weighted by atomic mass is 35.5. The average Bonchev–Trinajstić information content (AvgIpc) is 2.83. The Morgan fingerprint density at radius 3 is 2.42 bits per heavy atom. The summed E-state index contributed by atoms with van der Waals surface area (Å²) in [6, 6.07) is 23.7. The van der Waals surface area contributed by atoms with Crippen molar-refractivity contribution in [2.45, 2.75) is 36.6 Å². The molecule has 33 heavy (non-hydrogen) atoms. The smallest absolute Gasteiger partial charge is 0.243 e. The molecule has 0 aromatic heterocycles. The molecule has 0 saturated carbocycles. The van der Waals surface area contributed by atoms with E-state index in [1.54, 1.807) is 12.1 Å². The largest absolute Gasteiger partial charge is 0.348 e. The molecule has 0 saturated heterocycles. The summed E-state index contributed by atoms with van der Waals surface area (Å²) in [4.78, 5) is 13.2. The van der Waals surface area contributed by atoms with Crippen LogP contribution >= 0.6 is 11.6 Å². The third kappa shape index (κ3) is 5.82. The van der Waals surface area contributed by atoms with Crippen LogP contribution in [-0.4, -0.2) is 31.7 Å². The number of fused-ring (bicyclic) bond motifs is 1. The van der Waals surface area contributed by atoms with Crippen molar-refractivity contribution in [2.24, 2.45) is 0 Å². The Hall–Kier alpha value is -2.67. The highest BCUT2D eigenvalue weighted by Gasteiger charge is 2.28. The first kappa shape index (κ1) is 23.5. The van der Waals surface area contributed by atoms with Crippen LogP contribution < -0.4 is 5.32 Å². The molecule has 1 atom stereocenters. The van der Waals surface area contributed by atoms with E-state index < -0.39 is 10.0 Å². The molecule has 0 spiro atoms. The highest BCUT2D eigenvalue weighted by molar-refractivity contribution is 7.89. The summed E-state index contributed by atoms with van der Waals surface area (Å²) >= 11 is 5.94. The lowest BCUT2D eigenvalue weighted by Crippen LogP contribution is -2.43. The predicted octanol–water partition coefficient (Wildman–Crippen LogP) is 4.77. The van der Waals surface area contributed by atoms with E-state index in [-0.39, 0.29) is 29.9 Å². The second-order valence-electron chi connectivity index (χ2n) is 8.24. The Labute approximate surface area is 200 Å². The molecular formula is C26H27ClN2O3S. The van der Waals surface area contributed by atoms with Gasteiger partial charge in [0.2, 0.25) is 15.9 Å². The number of carbonyl (C=O) groups is 1. The molecule has 3 aromatic rings. The first-order chi connectivity index (χ1) is 15.9. The summed E-state index contributed by atoms with van der Waals surface area (Å²) in [5, 5.41) is 3.53. The van der Waals surface area contributed by atoms with Gasteiger partial charge in [0.05, 0.1) is 17.5 Å². The monoisotopic (exact) mass is 482 g/mol. The van der Waals surface area contributed by atoms with Gasteiger partial charge in [0.15, 0.2) is 0 Å². The standard InChI is InChI=1S/C26H27ClN2O3S/c27-22-13-15-23(16-14-22)33(31,32)29(18-17-20-7-2-1-3-8-20)19-26(30)28-25-12-6-10-21-9-4-5-11-24(21)25/h1-5,7-9,11,13-16,25H,6,10,12,17-19H2,(H,28,30)/t25-/m0/s1. The second-order valence-corrected chi connectivity index (χ2v) is 10.6. The fourth-order valence-electron chi connectivity index (χ4n) is 4.24. The summed E-state index contributed by atoms with van der Waals surface area (Å²) in [7, 11) is -3.87. The Morgan fingerprint density at radius 1 is 0.970 bits per heavy atom. The molecule has 0 heterocycles. The van der Waals surface area contributed by atoms with E-state index in [2.05, 4.69) is 11.4 Å². The second kappa shape index (κ2) is 10.5. The van der Waals surface area contributed by atoms with Gasteiger partial charge in [-0.1, -0.05) is 66.2 Å². The van der Waals surface area contributed by atoms with Crippen molar-refractivity contribution in [1.29, 1.82) is 0 Å². The zero-order valence-electron chi connectivity index (χ0n) is 18.3. The number of amides is 1. The molecule has 1 N–H and O–H groups in total. The number of halogens is 1. The van der Waals surface area contributed by atoms with Gasteiger partial charge in [-0.15, -0.1) is 0 Å². The van der Waals surface area contributed by atoms with Crippen LogP contribution in [0.15, 0.2) is 83.8 Å². The number of rotatable bonds is 8. The number of nitrogens with zero attached hydrogens (tertiary/aromatic N) is 1. The summed E-state index contributed by atoms with van der Waals surface area (Å²) in [5.74, 6) is -0.303. The van der Waals surface area contributed by atoms with Gasteiger partial charge in [0, 0.05) is 11.6 Å². The molecule has 1 aliphatic rings. The highest BCUT2D eigenvalue weighted by Crippen LogP contribution is 2.29. The van der Waals surface area contributed by atoms with Gasteiger partial charge in [-0.05, 0) is 66.6 Å². The van der Waals surface area contributed by atoms with E-state index in [0.29, 0.717) is 11.4 Å². The Kier molecular flexibility index (Phi) is 7.48. The van der Waals surface area contributed by atoms with Gasteiger partial charge >= 0.3 is 0 Å². The van der Waals surface area contributed by atoms with Crippen LogP contribution in [0, 0.1) is 0 Å². The number of sulfonamides is 1. The maximum absolute atomic E-state index is 13.4. The van der Waals surface area contributed by atoms with Crippen molar-refractivity contribution in [2.75, 3.05) is 13.1 Å². The summed E-state index contributed by atoms with van der Waals surface area (Å²) in [6.45, 7) is -0.0416. The fourth-order valence-corrected chi connectivity index (χ4v) is 5.77. The minimum absolute atomic E-state index is 0.100. The van der Waals surface area contributed by atoms with Crippen LogP contribution in [0.4, 0.5) is 0 Å². The normalized spacial score (nSPS) is 15.8. The first-order valence-electron chi connectivity index (χ1n) is 11.1. The van der Waals surface area contributed by atoms with E-state index in [9.17, 15) is 13.2 Å². The molecule has 0 radical (unpaired) electrons. The number of carbonyl (C=O) groups excluding carboxylic acids is 1. The van der Waals surface area contributed by atoms with Gasteiger partial charge < -0.3 is 5.32 Å². The molecule has 1 amide bonds. The fraction of sp³-hybridized carbons (Fsp3) is 0.269. The minimum atomic E-state index is -3.87. The third-order valence-electron chi connectivity index (χ3n) is 5.97. The topological polar surface area (TPSA) is 66.5 Å². The van der Waals surface area contributed by atoms with Crippen molar-refractivity contribution in [1.82, 2.24) is 9.62 Å². The molecule has 7 heteroatoms. The zero-order chi connectivity index (χ0) is 23.3. The number of nitrogens with one attached hydrogen (secondary N) is 1. The van der Waals surface area contributed by atoms with Crippen molar-refractivity contribution in [3.05, 3.63) is 101 Å². The van der Waals surface area contributed by atoms with Crippen LogP contribution in [0.1, 0.15) is 35.6 Å². The Balaban J connectivity index is 1.53. The van der Waals surface area contributed by atoms with Gasteiger partial charge in [-0.25, -0.2) is 8.42 Å². The molecule has 0 unspecified atom stereocenters. The number of aryl methyl sites for hydroxylation is 1. The van der Waals surface area contributed by atoms with Gasteiger partial charge in [-0.2, -0.15) is 4.31 Å². The number of hydrogen-bond donors (Lipinski definition) is 1. The van der Waals surface area contributed by atoms with Gasteiger partial charge in [0.25, 0.3) is 0 Å².